The van der Waals surface area contributed by atoms with Crippen molar-refractivity contribution in [2.45, 2.75) is 64.7 Å². The second-order valence-corrected chi connectivity index (χ2v) is 14.6. The van der Waals surface area contributed by atoms with Gasteiger partial charge in [0.25, 0.3) is 0 Å². The SMILES string of the molecule is CCCCCOC(=O)c1ccc(C(=O)OCCCCOC(=O)c2ccc(C(=O)OC)cc2)cc1.O=C1OCCCCOC(=O)c2ccc(cc2)C(=O)OCCCCOC(=O)c2ccc1cc2. The Kier molecular flexibility index (Phi) is 22.1. The zero-order valence-electron chi connectivity index (χ0n) is 37.1. The van der Waals surface area contributed by atoms with Crippen molar-refractivity contribution in [3.63, 3.8) is 0 Å². The van der Waals surface area contributed by atoms with E-state index in [0.29, 0.717) is 89.6 Å². The lowest BCUT2D eigenvalue weighted by Crippen LogP contribution is -2.12. The highest BCUT2D eigenvalue weighted by molar-refractivity contribution is 5.95. The summed E-state index contributed by atoms with van der Waals surface area (Å²) in [5, 5.41) is 0. The van der Waals surface area contributed by atoms with Gasteiger partial charge in [-0.05, 0) is 142 Å². The summed E-state index contributed by atoms with van der Waals surface area (Å²) in [6, 6.07) is 24.1. The maximum absolute atomic E-state index is 12.1. The van der Waals surface area contributed by atoms with E-state index in [9.17, 15) is 38.4 Å². The molecule has 0 spiro atoms. The van der Waals surface area contributed by atoms with Crippen molar-refractivity contribution in [2.75, 3.05) is 53.4 Å². The fourth-order valence-electron chi connectivity index (χ4n) is 5.79. The first-order valence-corrected chi connectivity index (χ1v) is 21.7. The van der Waals surface area contributed by atoms with Crippen molar-refractivity contribution in [3.8, 4) is 0 Å². The lowest BCUT2D eigenvalue weighted by atomic mass is 10.1. The predicted octanol–water partition coefficient (Wildman–Crippen LogP) is 8.20. The van der Waals surface area contributed by atoms with E-state index >= 15 is 0 Å². The molecule has 0 saturated heterocycles. The Hall–Kier alpha value is -7.36. The van der Waals surface area contributed by atoms with Crippen LogP contribution in [0.3, 0.4) is 0 Å². The van der Waals surface area contributed by atoms with Gasteiger partial charge in [-0.15, -0.1) is 0 Å². The Morgan fingerprint density at radius 1 is 0.394 bits per heavy atom. The van der Waals surface area contributed by atoms with Crippen LogP contribution in [-0.2, 0) is 37.9 Å². The summed E-state index contributed by atoms with van der Waals surface area (Å²) in [4.78, 5) is 95.9. The molecule has 0 N–H and O–H groups in total. The molecule has 4 aliphatic heterocycles. The fraction of sp³-hybridized carbons (Fsp3) is 0.360. The summed E-state index contributed by atoms with van der Waals surface area (Å²) in [5.74, 6) is -3.87. The standard InChI is InChI=1S/C26H30O8.C24H24O8/c1-3-4-5-16-32-24(28)21-12-14-22(15-13-21)26(30)34-18-7-6-17-33-25(29)20-10-8-19(9-11-20)23(27)31-2;25-21-17-5-7-19(8-6-17)23(27)31-15-3-4-16-32-24(28)20-11-9-18(10-12-20)22(26)30-14-2-1-13-29-21/h8-15H,3-7,16-18H2,1-2H3;5-12H,1-4,13-16H2. The van der Waals surface area contributed by atoms with Gasteiger partial charge in [0.2, 0.25) is 0 Å². The quantitative estimate of drug-likeness (QED) is 0.0703. The number of esters is 8. The molecule has 8 rings (SSSR count). The molecule has 0 amide bonds. The highest BCUT2D eigenvalue weighted by Gasteiger charge is 2.15. The van der Waals surface area contributed by atoms with E-state index in [0.717, 1.165) is 19.3 Å². The van der Waals surface area contributed by atoms with Crippen LogP contribution in [0, 0.1) is 0 Å². The van der Waals surface area contributed by atoms with Crippen LogP contribution in [0.25, 0.3) is 0 Å². The number of hydrogen-bond donors (Lipinski definition) is 0. The average Bonchev–Trinajstić information content (AvgIpc) is 3.35. The number of carbonyl (C=O) groups is 8. The lowest BCUT2D eigenvalue weighted by molar-refractivity contribution is 0.0427. The van der Waals surface area contributed by atoms with E-state index in [1.807, 2.05) is 0 Å². The minimum atomic E-state index is -0.502. The smallest absolute Gasteiger partial charge is 0.338 e. The van der Waals surface area contributed by atoms with E-state index in [-0.39, 0.29) is 39.6 Å². The molecule has 350 valence electrons. The fourth-order valence-corrected chi connectivity index (χ4v) is 5.79. The maximum Gasteiger partial charge on any atom is 0.338 e. The molecule has 66 heavy (non-hydrogen) atoms. The monoisotopic (exact) mass is 910 g/mol. The van der Waals surface area contributed by atoms with E-state index < -0.39 is 47.8 Å². The van der Waals surface area contributed by atoms with Crippen molar-refractivity contribution in [1.29, 1.82) is 0 Å². The third kappa shape index (κ3) is 17.7. The number of unbranched alkanes of at least 4 members (excludes halogenated alkanes) is 3. The second kappa shape index (κ2) is 28.4. The van der Waals surface area contributed by atoms with Crippen LogP contribution in [0.15, 0.2) is 97.1 Å². The molecule has 0 fully saturated rings. The Labute approximate surface area is 382 Å². The van der Waals surface area contributed by atoms with Gasteiger partial charge in [-0.2, -0.15) is 0 Å². The summed E-state index contributed by atoms with van der Waals surface area (Å²) >= 11 is 0. The molecule has 0 radical (unpaired) electrons. The zero-order valence-corrected chi connectivity index (χ0v) is 37.1. The molecule has 0 aromatic heterocycles. The van der Waals surface area contributed by atoms with Crippen LogP contribution >= 0.6 is 0 Å². The second-order valence-electron chi connectivity index (χ2n) is 14.6. The molecule has 4 aliphatic rings. The van der Waals surface area contributed by atoms with E-state index in [1.165, 1.54) is 104 Å². The van der Waals surface area contributed by atoms with Gasteiger partial charge in [0.05, 0.1) is 97.9 Å². The first-order valence-electron chi connectivity index (χ1n) is 21.7. The van der Waals surface area contributed by atoms with Crippen molar-refractivity contribution >= 4 is 47.8 Å². The van der Waals surface area contributed by atoms with Crippen LogP contribution in [0.1, 0.15) is 148 Å². The molecular formula is C50H54O16. The van der Waals surface area contributed by atoms with Crippen molar-refractivity contribution in [2.24, 2.45) is 0 Å². The molecule has 4 bridgehead atoms. The average molecular weight is 911 g/mol. The molecule has 16 nitrogen and oxygen atoms in total. The number of carbonyl (C=O) groups excluding carboxylic acids is 8. The summed E-state index contributed by atoms with van der Waals surface area (Å²) in [6.07, 6.45) is 6.01. The van der Waals surface area contributed by atoms with Gasteiger partial charge >= 0.3 is 47.8 Å². The minimum Gasteiger partial charge on any atom is -0.465 e. The van der Waals surface area contributed by atoms with Gasteiger partial charge in [0.1, 0.15) is 0 Å². The van der Waals surface area contributed by atoms with Gasteiger partial charge in [-0.1, -0.05) is 19.8 Å². The molecule has 0 unspecified atom stereocenters. The highest BCUT2D eigenvalue weighted by atomic mass is 16.6. The minimum absolute atomic E-state index is 0.171. The zero-order chi connectivity index (χ0) is 47.5. The molecule has 0 atom stereocenters. The van der Waals surface area contributed by atoms with Crippen LogP contribution in [0.5, 0.6) is 0 Å². The molecule has 0 aliphatic carbocycles. The van der Waals surface area contributed by atoms with Gasteiger partial charge in [-0.3, -0.25) is 0 Å². The number of ether oxygens (including phenoxy) is 8. The number of hydrogen-bond acceptors (Lipinski definition) is 16. The first-order chi connectivity index (χ1) is 32.0. The predicted molar refractivity (Wildman–Crippen MR) is 236 cm³/mol. The molecular weight excluding hydrogens is 857 g/mol. The van der Waals surface area contributed by atoms with Crippen LogP contribution in [0.4, 0.5) is 0 Å². The summed E-state index contributed by atoms with van der Waals surface area (Å²) < 4.78 is 41.0. The summed E-state index contributed by atoms with van der Waals surface area (Å²) in [6.45, 7) is 3.51. The molecule has 16 heteroatoms. The Morgan fingerprint density at radius 2 is 0.636 bits per heavy atom. The van der Waals surface area contributed by atoms with E-state index in [4.69, 9.17) is 33.2 Å². The van der Waals surface area contributed by atoms with Gasteiger partial charge < -0.3 is 37.9 Å². The van der Waals surface area contributed by atoms with Gasteiger partial charge in [0, 0.05) is 0 Å². The van der Waals surface area contributed by atoms with Crippen LogP contribution in [-0.4, -0.2) is 101 Å². The number of rotatable bonds is 13. The first kappa shape index (κ1) is 51.3. The van der Waals surface area contributed by atoms with E-state index in [2.05, 4.69) is 11.7 Å². The summed E-state index contributed by atoms with van der Waals surface area (Å²) in [5.41, 5.74) is 2.70. The summed E-state index contributed by atoms with van der Waals surface area (Å²) in [7, 11) is 1.28. The topological polar surface area (TPSA) is 210 Å². The third-order valence-corrected chi connectivity index (χ3v) is 9.61. The van der Waals surface area contributed by atoms with Crippen LogP contribution in [0.2, 0.25) is 0 Å². The molecule has 4 aromatic rings. The van der Waals surface area contributed by atoms with Crippen molar-refractivity contribution in [1.82, 2.24) is 0 Å². The normalized spacial score (nSPS) is 13.5. The number of methoxy groups -OCH3 is 1. The third-order valence-electron chi connectivity index (χ3n) is 9.61. The molecule has 4 heterocycles. The Morgan fingerprint density at radius 3 is 0.879 bits per heavy atom. The van der Waals surface area contributed by atoms with Gasteiger partial charge in [0.15, 0.2) is 0 Å². The van der Waals surface area contributed by atoms with Gasteiger partial charge in [-0.25, -0.2) is 38.4 Å². The highest BCUT2D eigenvalue weighted by Crippen LogP contribution is 2.13. The number of benzene rings is 4. The molecule has 0 saturated carbocycles. The largest absolute Gasteiger partial charge is 0.465 e. The van der Waals surface area contributed by atoms with Crippen molar-refractivity contribution < 1.29 is 76.3 Å². The Bertz CT molecular complexity index is 2060. The Balaban J connectivity index is 0.000000289. The van der Waals surface area contributed by atoms with E-state index in [1.54, 1.807) is 0 Å². The maximum atomic E-state index is 12.1. The van der Waals surface area contributed by atoms with Crippen LogP contribution < -0.4 is 0 Å². The molecule has 4 aromatic carbocycles. The lowest BCUT2D eigenvalue weighted by Gasteiger charge is -2.09. The van der Waals surface area contributed by atoms with Crippen molar-refractivity contribution in [3.05, 3.63) is 142 Å².